The molecule has 0 aliphatic carbocycles. The van der Waals surface area contributed by atoms with Gasteiger partial charge in [0, 0.05) is 10.8 Å². The molecule has 0 saturated carbocycles. The van der Waals surface area contributed by atoms with Crippen molar-refractivity contribution in [2.45, 2.75) is 39.2 Å². The van der Waals surface area contributed by atoms with Crippen molar-refractivity contribution in [3.05, 3.63) is 218 Å². The van der Waals surface area contributed by atoms with Crippen molar-refractivity contribution in [3.63, 3.8) is 0 Å². The minimum Gasteiger partial charge on any atom is -0.456 e. The first-order valence-electron chi connectivity index (χ1n) is 18.3. The molecule has 0 radical (unpaired) electrons. The fourth-order valence-electron chi connectivity index (χ4n) is 9.04. The van der Waals surface area contributed by atoms with Gasteiger partial charge in [0.15, 0.2) is 0 Å². The molecule has 3 heteroatoms. The minimum atomic E-state index is -3.27. The summed E-state index contributed by atoms with van der Waals surface area (Å²) >= 11 is 0. The second-order valence-corrected chi connectivity index (χ2v) is 25.0. The van der Waals surface area contributed by atoms with Gasteiger partial charge in [-0.2, -0.15) is 0 Å². The molecule has 1 heterocycles. The van der Waals surface area contributed by atoms with Gasteiger partial charge in [0.05, 0.1) is 0 Å². The van der Waals surface area contributed by atoms with Gasteiger partial charge in [0.2, 0.25) is 0 Å². The number of furan rings is 1. The Balaban J connectivity index is 1.40. The summed E-state index contributed by atoms with van der Waals surface area (Å²) in [7, 11) is -6.54. The molecule has 0 aliphatic heterocycles. The van der Waals surface area contributed by atoms with E-state index in [9.17, 15) is 0 Å². The molecule has 1 nitrogen and oxygen atoms in total. The topological polar surface area (TPSA) is 13.1 Å². The highest BCUT2D eigenvalue weighted by atomic mass is 32.3. The summed E-state index contributed by atoms with van der Waals surface area (Å²) in [6, 6.07) is 80.9. The first-order valence-corrected chi connectivity index (χ1v) is 23.6. The Labute approximate surface area is 313 Å². The van der Waals surface area contributed by atoms with E-state index < -0.39 is 18.3 Å². The van der Waals surface area contributed by atoms with Gasteiger partial charge in [-0.1, -0.05) is 182 Å². The smallest absolute Gasteiger partial charge is 0.135 e. The number of thiol groups is 2. The van der Waals surface area contributed by atoms with Crippen molar-refractivity contribution < 1.29 is 4.42 Å². The van der Waals surface area contributed by atoms with Gasteiger partial charge in [-0.3, -0.25) is 0 Å². The second-order valence-electron chi connectivity index (χ2n) is 14.6. The Bertz CT molecular complexity index is 2300. The molecule has 0 bridgehead atoms. The van der Waals surface area contributed by atoms with Gasteiger partial charge in [0.25, 0.3) is 0 Å². The standard InChI is InChI=1S/C50H44OS2/c1-52(39-21-9-3-10-22-39,40-23-11-4-12-24-40,41-25-13-5-14-26-41)45-33-35-49-47(37-45)48-38-46(34-36-50(48)51-49)53(2,42-27-15-6-16-28-42,43-29-17-7-18-30-43)44-31-19-8-20-32-44/h3-38,52-53H,1-2H3. The van der Waals surface area contributed by atoms with Gasteiger partial charge in [0.1, 0.15) is 11.2 Å². The van der Waals surface area contributed by atoms with Crippen LogP contribution in [0.5, 0.6) is 0 Å². The summed E-state index contributed by atoms with van der Waals surface area (Å²) < 4.78 is 6.72. The Morgan fingerprint density at radius 1 is 0.264 bits per heavy atom. The molecule has 8 aromatic carbocycles. The van der Waals surface area contributed by atoms with Crippen LogP contribution in [0.2, 0.25) is 0 Å². The van der Waals surface area contributed by atoms with Gasteiger partial charge < -0.3 is 4.42 Å². The molecule has 0 atom stereocenters. The van der Waals surface area contributed by atoms with Crippen molar-refractivity contribution in [3.8, 4) is 0 Å². The van der Waals surface area contributed by atoms with Crippen molar-refractivity contribution in [1.82, 2.24) is 0 Å². The maximum Gasteiger partial charge on any atom is 0.135 e. The number of rotatable bonds is 8. The first kappa shape index (κ1) is 33.1. The number of fused-ring (bicyclic) bond motifs is 3. The molecule has 0 aliphatic rings. The second kappa shape index (κ2) is 12.4. The van der Waals surface area contributed by atoms with Crippen LogP contribution < -0.4 is 0 Å². The summed E-state index contributed by atoms with van der Waals surface area (Å²) in [6.45, 7) is 0. The third kappa shape index (κ3) is 4.61. The summed E-state index contributed by atoms with van der Waals surface area (Å²) in [5, 5.41) is 2.27. The molecule has 262 valence electrons. The maximum atomic E-state index is 6.72. The summed E-state index contributed by atoms with van der Waals surface area (Å²) in [4.78, 5) is 10.6. The zero-order valence-electron chi connectivity index (χ0n) is 30.1. The maximum absolute atomic E-state index is 6.72. The molecule has 0 unspecified atom stereocenters. The van der Waals surface area contributed by atoms with Crippen LogP contribution in [0.15, 0.2) is 262 Å². The van der Waals surface area contributed by atoms with E-state index in [0.29, 0.717) is 0 Å². The van der Waals surface area contributed by atoms with Crippen LogP contribution in [-0.2, 0) is 0 Å². The lowest BCUT2D eigenvalue weighted by Gasteiger charge is -2.60. The average Bonchev–Trinajstić information content (AvgIpc) is 3.62. The van der Waals surface area contributed by atoms with Crippen LogP contribution in [0.3, 0.4) is 0 Å². The van der Waals surface area contributed by atoms with Crippen LogP contribution >= 0.6 is 18.3 Å². The SMILES string of the molecule is C[SH](c1ccccc1)(c1ccccc1)(c1ccccc1)c1ccc2oc3ccc([SH](C)(c4ccccc4)(c4ccccc4)c4ccccc4)cc3c2c1. The molecule has 9 rings (SSSR count). The van der Waals surface area contributed by atoms with Crippen molar-refractivity contribution in [2.75, 3.05) is 12.5 Å². The normalized spacial score (nSPS) is 13.5. The van der Waals surface area contributed by atoms with Gasteiger partial charge in [-0.05, 0) is 88.1 Å². The monoisotopic (exact) mass is 724 g/mol. The zero-order valence-corrected chi connectivity index (χ0v) is 31.9. The molecule has 0 amide bonds. The van der Waals surface area contributed by atoms with Crippen LogP contribution in [0, 0.1) is 0 Å². The predicted molar refractivity (Wildman–Crippen MR) is 228 cm³/mol. The molecule has 0 saturated heterocycles. The lowest BCUT2D eigenvalue weighted by atomic mass is 10.1. The van der Waals surface area contributed by atoms with E-state index in [1.54, 1.807) is 0 Å². The zero-order chi connectivity index (χ0) is 36.0. The Kier molecular flexibility index (Phi) is 7.78. The highest BCUT2D eigenvalue weighted by Crippen LogP contribution is 2.89. The third-order valence-electron chi connectivity index (χ3n) is 12.1. The van der Waals surface area contributed by atoms with Crippen LogP contribution in [0.1, 0.15) is 0 Å². The Morgan fingerprint density at radius 3 is 0.717 bits per heavy atom. The fourth-order valence-corrected chi connectivity index (χ4v) is 19.9. The van der Waals surface area contributed by atoms with E-state index >= 15 is 0 Å². The number of hydrogen-bond donors (Lipinski definition) is 2. The predicted octanol–water partition coefficient (Wildman–Crippen LogP) is 14.1. The van der Waals surface area contributed by atoms with Crippen LogP contribution in [0.4, 0.5) is 0 Å². The summed E-state index contributed by atoms with van der Waals surface area (Å²) in [6.07, 6.45) is 5.05. The molecule has 0 spiro atoms. The van der Waals surface area contributed by atoms with Crippen LogP contribution in [-0.4, -0.2) is 12.5 Å². The fraction of sp³-hybridized carbons (Fsp3) is 0.0400. The average molecular weight is 725 g/mol. The van der Waals surface area contributed by atoms with E-state index in [4.69, 9.17) is 4.42 Å². The Hall–Kier alpha value is -5.74. The largest absolute Gasteiger partial charge is 0.456 e. The lowest BCUT2D eigenvalue weighted by molar-refractivity contribution is 0.668. The number of hydrogen-bond acceptors (Lipinski definition) is 1. The van der Waals surface area contributed by atoms with Gasteiger partial charge in [-0.25, -0.2) is 18.3 Å². The minimum absolute atomic E-state index is 0.899. The van der Waals surface area contributed by atoms with Gasteiger partial charge in [-0.15, -0.1) is 0 Å². The van der Waals surface area contributed by atoms with E-state index in [1.165, 1.54) is 39.2 Å². The van der Waals surface area contributed by atoms with E-state index in [0.717, 1.165) is 21.9 Å². The van der Waals surface area contributed by atoms with E-state index in [-0.39, 0.29) is 0 Å². The summed E-state index contributed by atoms with van der Waals surface area (Å²) in [5.41, 5.74) is 1.80. The van der Waals surface area contributed by atoms with Gasteiger partial charge >= 0.3 is 0 Å². The Morgan fingerprint density at radius 2 is 0.491 bits per heavy atom. The molecular weight excluding hydrogens is 681 g/mol. The quantitative estimate of drug-likeness (QED) is 0.149. The third-order valence-corrected chi connectivity index (χ3v) is 24.8. The first-order chi connectivity index (χ1) is 25.9. The van der Waals surface area contributed by atoms with Crippen molar-refractivity contribution >= 4 is 40.3 Å². The molecule has 0 N–H and O–H groups in total. The lowest BCUT2D eigenvalue weighted by Crippen LogP contribution is -2.20. The molecular formula is C50H44OS2. The van der Waals surface area contributed by atoms with E-state index in [2.05, 4.69) is 231 Å². The molecule has 1 aromatic heterocycles. The summed E-state index contributed by atoms with van der Waals surface area (Å²) in [5.74, 6) is 0. The highest BCUT2D eigenvalue weighted by Gasteiger charge is 2.45. The molecule has 0 fully saturated rings. The van der Waals surface area contributed by atoms with E-state index in [1.807, 2.05) is 0 Å². The van der Waals surface area contributed by atoms with Crippen molar-refractivity contribution in [1.29, 1.82) is 0 Å². The van der Waals surface area contributed by atoms with Crippen molar-refractivity contribution in [2.24, 2.45) is 0 Å². The molecule has 9 aromatic rings. The highest BCUT2D eigenvalue weighted by molar-refractivity contribution is 8.49. The van der Waals surface area contributed by atoms with Crippen LogP contribution in [0.25, 0.3) is 21.9 Å². The molecule has 53 heavy (non-hydrogen) atoms. The number of benzene rings is 8.